The standard InChI is InChI=1S/C21H15N3/c1-13-12-15-6-2-3-9-16(15)22-20(13)21-23-17-10-4-7-14-8-5-11-18(24-21)19(14)17/h2-12H,1H3,(H,23,24). The van der Waals surface area contributed by atoms with E-state index >= 15 is 0 Å². The van der Waals surface area contributed by atoms with Crippen molar-refractivity contribution in [1.29, 1.82) is 0 Å². The van der Waals surface area contributed by atoms with Gasteiger partial charge in [-0.15, -0.1) is 0 Å². The molecule has 0 amide bonds. The van der Waals surface area contributed by atoms with Gasteiger partial charge in [-0.2, -0.15) is 0 Å². The van der Waals surface area contributed by atoms with Crippen LogP contribution in [-0.4, -0.2) is 10.8 Å². The van der Waals surface area contributed by atoms with Crippen LogP contribution in [0.25, 0.3) is 21.7 Å². The Kier molecular flexibility index (Phi) is 2.71. The molecular formula is C21H15N3. The molecule has 3 heteroatoms. The summed E-state index contributed by atoms with van der Waals surface area (Å²) in [5.41, 5.74) is 5.08. The highest BCUT2D eigenvalue weighted by Gasteiger charge is 2.18. The smallest absolute Gasteiger partial charge is 0.157 e. The fourth-order valence-electron chi connectivity index (χ4n) is 3.37. The zero-order chi connectivity index (χ0) is 16.1. The van der Waals surface area contributed by atoms with Crippen LogP contribution < -0.4 is 5.32 Å². The summed E-state index contributed by atoms with van der Waals surface area (Å²) >= 11 is 0. The van der Waals surface area contributed by atoms with E-state index in [-0.39, 0.29) is 0 Å². The molecule has 0 spiro atoms. The van der Waals surface area contributed by atoms with Crippen molar-refractivity contribution in [3.05, 3.63) is 78.0 Å². The lowest BCUT2D eigenvalue weighted by Crippen LogP contribution is -2.19. The molecule has 4 aromatic rings. The molecule has 0 fully saturated rings. The number of aliphatic imine (C=N–C) groups is 1. The summed E-state index contributed by atoms with van der Waals surface area (Å²) in [7, 11) is 0. The van der Waals surface area contributed by atoms with Gasteiger partial charge in [-0.3, -0.25) is 0 Å². The fourth-order valence-corrected chi connectivity index (χ4v) is 3.37. The number of para-hydroxylation sites is 1. The molecule has 0 saturated carbocycles. The number of fused-ring (bicyclic) bond motifs is 1. The molecule has 1 N–H and O–H groups in total. The number of hydrogen-bond acceptors (Lipinski definition) is 3. The van der Waals surface area contributed by atoms with Crippen molar-refractivity contribution < 1.29 is 0 Å². The highest BCUT2D eigenvalue weighted by molar-refractivity contribution is 6.19. The van der Waals surface area contributed by atoms with Crippen LogP contribution in [0.3, 0.4) is 0 Å². The number of aryl methyl sites for hydroxylation is 1. The minimum absolute atomic E-state index is 0.810. The van der Waals surface area contributed by atoms with Gasteiger partial charge in [0.05, 0.1) is 11.2 Å². The first-order valence-electron chi connectivity index (χ1n) is 8.04. The van der Waals surface area contributed by atoms with Crippen LogP contribution in [0, 0.1) is 6.92 Å². The van der Waals surface area contributed by atoms with Crippen molar-refractivity contribution >= 4 is 38.9 Å². The Labute approximate surface area is 139 Å². The van der Waals surface area contributed by atoms with E-state index in [0.29, 0.717) is 0 Å². The Bertz CT molecular complexity index is 1140. The number of aromatic nitrogens is 1. The third-order valence-corrected chi connectivity index (χ3v) is 4.51. The zero-order valence-corrected chi connectivity index (χ0v) is 13.2. The van der Waals surface area contributed by atoms with Gasteiger partial charge in [0, 0.05) is 16.5 Å². The number of pyridine rings is 1. The van der Waals surface area contributed by atoms with E-state index in [1.807, 2.05) is 18.2 Å². The highest BCUT2D eigenvalue weighted by atomic mass is 15.0. The fraction of sp³-hybridized carbons (Fsp3) is 0.0476. The number of anilines is 1. The minimum Gasteiger partial charge on any atom is -0.338 e. The van der Waals surface area contributed by atoms with Gasteiger partial charge in [0.25, 0.3) is 0 Å². The number of hydrogen-bond donors (Lipinski definition) is 1. The summed E-state index contributed by atoms with van der Waals surface area (Å²) in [6.07, 6.45) is 0. The third kappa shape index (κ3) is 1.91. The Hall–Kier alpha value is -3.20. The Morgan fingerprint density at radius 1 is 0.833 bits per heavy atom. The van der Waals surface area contributed by atoms with Crippen molar-refractivity contribution in [2.45, 2.75) is 6.92 Å². The van der Waals surface area contributed by atoms with Gasteiger partial charge < -0.3 is 5.32 Å². The topological polar surface area (TPSA) is 37.3 Å². The van der Waals surface area contributed by atoms with Crippen LogP contribution in [0.5, 0.6) is 0 Å². The summed E-state index contributed by atoms with van der Waals surface area (Å²) in [6.45, 7) is 2.08. The molecule has 0 atom stereocenters. The lowest BCUT2D eigenvalue weighted by Gasteiger charge is -2.19. The van der Waals surface area contributed by atoms with Crippen LogP contribution in [0.1, 0.15) is 11.3 Å². The Balaban J connectivity index is 1.75. The maximum Gasteiger partial charge on any atom is 0.157 e. The second-order valence-corrected chi connectivity index (χ2v) is 6.11. The monoisotopic (exact) mass is 309 g/mol. The van der Waals surface area contributed by atoms with E-state index < -0.39 is 0 Å². The van der Waals surface area contributed by atoms with Crippen LogP contribution >= 0.6 is 0 Å². The maximum atomic E-state index is 4.84. The molecule has 1 aromatic heterocycles. The average Bonchev–Trinajstić information content (AvgIpc) is 2.61. The number of rotatable bonds is 1. The van der Waals surface area contributed by atoms with Gasteiger partial charge in [0.1, 0.15) is 5.69 Å². The van der Waals surface area contributed by atoms with Gasteiger partial charge in [-0.1, -0.05) is 42.5 Å². The van der Waals surface area contributed by atoms with Crippen molar-refractivity contribution in [3.8, 4) is 0 Å². The third-order valence-electron chi connectivity index (χ3n) is 4.51. The van der Waals surface area contributed by atoms with Crippen molar-refractivity contribution in [2.75, 3.05) is 5.32 Å². The normalized spacial score (nSPS) is 13.0. The molecule has 0 saturated heterocycles. The first kappa shape index (κ1) is 13.3. The second kappa shape index (κ2) is 4.90. The number of amidine groups is 1. The maximum absolute atomic E-state index is 4.84. The summed E-state index contributed by atoms with van der Waals surface area (Å²) in [5, 5.41) is 6.99. The predicted molar refractivity (Wildman–Crippen MR) is 100 cm³/mol. The molecule has 0 aliphatic carbocycles. The van der Waals surface area contributed by atoms with Gasteiger partial charge in [-0.25, -0.2) is 9.98 Å². The minimum atomic E-state index is 0.810. The highest BCUT2D eigenvalue weighted by Crippen LogP contribution is 2.36. The van der Waals surface area contributed by atoms with Crippen LogP contribution in [0.4, 0.5) is 11.4 Å². The number of benzene rings is 3. The summed E-state index contributed by atoms with van der Waals surface area (Å²) < 4.78 is 0. The average molecular weight is 309 g/mol. The molecule has 0 unspecified atom stereocenters. The zero-order valence-electron chi connectivity index (χ0n) is 13.2. The largest absolute Gasteiger partial charge is 0.338 e. The molecule has 24 heavy (non-hydrogen) atoms. The van der Waals surface area contributed by atoms with Gasteiger partial charge in [0.15, 0.2) is 5.84 Å². The first-order valence-corrected chi connectivity index (χ1v) is 8.04. The predicted octanol–water partition coefficient (Wildman–Crippen LogP) is 5.20. The Morgan fingerprint density at radius 3 is 2.54 bits per heavy atom. The van der Waals surface area contributed by atoms with E-state index in [1.165, 1.54) is 10.8 Å². The van der Waals surface area contributed by atoms with Crippen molar-refractivity contribution in [1.82, 2.24) is 4.98 Å². The van der Waals surface area contributed by atoms with Crippen LogP contribution in [-0.2, 0) is 0 Å². The SMILES string of the molecule is Cc1cc2ccccc2nc1C1=Nc2cccc3cccc(c23)N1. The molecule has 2 heterocycles. The molecule has 3 nitrogen and oxygen atoms in total. The summed E-state index contributed by atoms with van der Waals surface area (Å²) in [5.74, 6) is 0.810. The quantitative estimate of drug-likeness (QED) is 0.524. The van der Waals surface area contributed by atoms with E-state index in [4.69, 9.17) is 9.98 Å². The summed E-state index contributed by atoms with van der Waals surface area (Å²) in [4.78, 5) is 9.69. The molecule has 0 radical (unpaired) electrons. The molecule has 0 bridgehead atoms. The van der Waals surface area contributed by atoms with E-state index in [1.54, 1.807) is 0 Å². The Morgan fingerprint density at radius 2 is 1.62 bits per heavy atom. The first-order chi connectivity index (χ1) is 11.8. The van der Waals surface area contributed by atoms with Gasteiger partial charge in [-0.05, 0) is 42.1 Å². The molecule has 3 aromatic carbocycles. The molecule has 114 valence electrons. The molecule has 1 aliphatic heterocycles. The second-order valence-electron chi connectivity index (χ2n) is 6.11. The lowest BCUT2D eigenvalue weighted by atomic mass is 10.0. The van der Waals surface area contributed by atoms with Gasteiger partial charge in [0.2, 0.25) is 0 Å². The molecular weight excluding hydrogens is 294 g/mol. The van der Waals surface area contributed by atoms with Crippen molar-refractivity contribution in [3.63, 3.8) is 0 Å². The van der Waals surface area contributed by atoms with Crippen molar-refractivity contribution in [2.24, 2.45) is 4.99 Å². The molecule has 1 aliphatic rings. The van der Waals surface area contributed by atoms with E-state index in [9.17, 15) is 0 Å². The number of nitrogens with one attached hydrogen (secondary N) is 1. The van der Waals surface area contributed by atoms with Crippen LogP contribution in [0.2, 0.25) is 0 Å². The lowest BCUT2D eigenvalue weighted by molar-refractivity contribution is 1.27. The summed E-state index contributed by atoms with van der Waals surface area (Å²) in [6, 6.07) is 22.8. The van der Waals surface area contributed by atoms with E-state index in [2.05, 4.69) is 60.8 Å². The van der Waals surface area contributed by atoms with Gasteiger partial charge >= 0.3 is 0 Å². The van der Waals surface area contributed by atoms with E-state index in [0.717, 1.165) is 39.4 Å². The van der Waals surface area contributed by atoms with Crippen LogP contribution in [0.15, 0.2) is 71.7 Å². The number of nitrogens with zero attached hydrogens (tertiary/aromatic N) is 2. The molecule has 5 rings (SSSR count).